The fraction of sp³-hybridized carbons (Fsp3) is 0.500. The molecular weight excluding hydrogens is 212 g/mol. The van der Waals surface area contributed by atoms with Gasteiger partial charge in [0.15, 0.2) is 5.11 Å². The zero-order chi connectivity index (χ0) is 9.76. The first kappa shape index (κ1) is 8.68. The van der Waals surface area contributed by atoms with Crippen LogP contribution < -0.4 is 5.73 Å². The highest BCUT2D eigenvalue weighted by Gasteiger charge is 2.61. The molecule has 0 amide bonds. The highest BCUT2D eigenvalue weighted by Crippen LogP contribution is 2.59. The summed E-state index contributed by atoms with van der Waals surface area (Å²) in [7, 11) is 0. The standard InChI is InChI=1S/C10H12N2S2/c11-9(13)12-5-7-4-10(7,6-12)8-2-1-3-14-8/h1-3,7H,4-6H2,(H2,11,13). The van der Waals surface area contributed by atoms with Gasteiger partial charge in [0.05, 0.1) is 0 Å². The molecular formula is C10H12N2S2. The summed E-state index contributed by atoms with van der Waals surface area (Å²) in [6.07, 6.45) is 1.33. The van der Waals surface area contributed by atoms with Crippen LogP contribution in [0.2, 0.25) is 0 Å². The fourth-order valence-corrected chi connectivity index (χ4v) is 3.74. The van der Waals surface area contributed by atoms with Crippen LogP contribution in [0.25, 0.3) is 0 Å². The number of likely N-dealkylation sites (tertiary alicyclic amines) is 1. The molecule has 3 rings (SSSR count). The van der Waals surface area contributed by atoms with Crippen LogP contribution in [0.15, 0.2) is 17.5 Å². The van der Waals surface area contributed by atoms with Crippen LogP contribution in [0, 0.1) is 5.92 Å². The normalized spacial score (nSPS) is 34.3. The smallest absolute Gasteiger partial charge is 0.166 e. The zero-order valence-electron chi connectivity index (χ0n) is 7.77. The van der Waals surface area contributed by atoms with Gasteiger partial charge in [0.25, 0.3) is 0 Å². The van der Waals surface area contributed by atoms with Crippen molar-refractivity contribution in [3.05, 3.63) is 22.4 Å². The van der Waals surface area contributed by atoms with Crippen LogP contribution >= 0.6 is 23.6 Å². The highest BCUT2D eigenvalue weighted by molar-refractivity contribution is 7.80. The van der Waals surface area contributed by atoms with Gasteiger partial charge in [-0.3, -0.25) is 0 Å². The van der Waals surface area contributed by atoms with Crippen LogP contribution in [-0.4, -0.2) is 23.1 Å². The van der Waals surface area contributed by atoms with E-state index in [1.54, 1.807) is 0 Å². The van der Waals surface area contributed by atoms with Crippen LogP contribution in [0.1, 0.15) is 11.3 Å². The van der Waals surface area contributed by atoms with E-state index in [1.807, 2.05) is 11.3 Å². The van der Waals surface area contributed by atoms with E-state index in [1.165, 1.54) is 11.3 Å². The lowest BCUT2D eigenvalue weighted by molar-refractivity contribution is 0.452. The van der Waals surface area contributed by atoms with Crippen molar-refractivity contribution < 1.29 is 0 Å². The summed E-state index contributed by atoms with van der Waals surface area (Å²) in [6.45, 7) is 2.10. The Morgan fingerprint density at radius 2 is 2.57 bits per heavy atom. The molecule has 2 nitrogen and oxygen atoms in total. The molecule has 1 aromatic rings. The Labute approximate surface area is 92.7 Å². The Kier molecular flexibility index (Phi) is 1.67. The van der Waals surface area contributed by atoms with Crippen molar-refractivity contribution in [3.63, 3.8) is 0 Å². The minimum absolute atomic E-state index is 0.414. The molecule has 74 valence electrons. The van der Waals surface area contributed by atoms with E-state index in [0.717, 1.165) is 19.0 Å². The first-order chi connectivity index (χ1) is 6.72. The Balaban J connectivity index is 1.86. The molecule has 2 atom stereocenters. The Morgan fingerprint density at radius 3 is 3.14 bits per heavy atom. The molecule has 0 aromatic carbocycles. The lowest BCUT2D eigenvalue weighted by atomic mass is 10.0. The number of nitrogens with zero attached hydrogens (tertiary/aromatic N) is 1. The third-order valence-electron chi connectivity index (χ3n) is 3.47. The van der Waals surface area contributed by atoms with E-state index in [2.05, 4.69) is 22.4 Å². The number of hydrogen-bond donors (Lipinski definition) is 1. The minimum atomic E-state index is 0.414. The van der Waals surface area contributed by atoms with Crippen molar-refractivity contribution in [2.45, 2.75) is 11.8 Å². The van der Waals surface area contributed by atoms with Crippen molar-refractivity contribution in [3.8, 4) is 0 Å². The average Bonchev–Trinajstić information content (AvgIpc) is 2.60. The molecule has 0 bridgehead atoms. The van der Waals surface area contributed by atoms with Gasteiger partial charge in [-0.05, 0) is 36.0 Å². The molecule has 1 aliphatic carbocycles. The number of hydrogen-bond acceptors (Lipinski definition) is 2. The maximum absolute atomic E-state index is 5.65. The number of nitrogens with two attached hydrogens (primary N) is 1. The van der Waals surface area contributed by atoms with Gasteiger partial charge in [0.1, 0.15) is 0 Å². The average molecular weight is 224 g/mol. The minimum Gasteiger partial charge on any atom is -0.376 e. The third-order valence-corrected chi connectivity index (χ3v) is 4.82. The number of thiocarbonyl (C=S) groups is 1. The van der Waals surface area contributed by atoms with Gasteiger partial charge < -0.3 is 10.6 Å². The van der Waals surface area contributed by atoms with E-state index in [0.29, 0.717) is 10.5 Å². The Morgan fingerprint density at radius 1 is 1.71 bits per heavy atom. The van der Waals surface area contributed by atoms with Gasteiger partial charge in [0, 0.05) is 23.4 Å². The molecule has 2 heterocycles. The molecule has 1 saturated heterocycles. The second kappa shape index (κ2) is 2.70. The number of fused-ring (bicyclic) bond motifs is 1. The molecule has 2 aliphatic rings. The summed E-state index contributed by atoms with van der Waals surface area (Å²) in [5, 5.41) is 2.72. The topological polar surface area (TPSA) is 29.3 Å². The van der Waals surface area contributed by atoms with Crippen LogP contribution in [0.4, 0.5) is 0 Å². The van der Waals surface area contributed by atoms with Crippen molar-refractivity contribution in [2.75, 3.05) is 13.1 Å². The van der Waals surface area contributed by atoms with Gasteiger partial charge in [-0.2, -0.15) is 0 Å². The first-order valence-electron chi connectivity index (χ1n) is 4.81. The number of thiophene rings is 1. The van der Waals surface area contributed by atoms with Crippen molar-refractivity contribution >= 4 is 28.7 Å². The second-order valence-corrected chi connectivity index (χ2v) is 5.62. The largest absolute Gasteiger partial charge is 0.376 e. The van der Waals surface area contributed by atoms with E-state index >= 15 is 0 Å². The Bertz CT molecular complexity index is 373. The Hall–Kier alpha value is -0.610. The lowest BCUT2D eigenvalue weighted by Gasteiger charge is -2.20. The summed E-state index contributed by atoms with van der Waals surface area (Å²) in [5.74, 6) is 0.794. The molecule has 0 spiro atoms. The van der Waals surface area contributed by atoms with Gasteiger partial charge >= 0.3 is 0 Å². The maximum Gasteiger partial charge on any atom is 0.166 e. The van der Waals surface area contributed by atoms with Crippen LogP contribution in [0.5, 0.6) is 0 Å². The summed E-state index contributed by atoms with van der Waals surface area (Å²) < 4.78 is 0. The first-order valence-corrected chi connectivity index (χ1v) is 6.09. The predicted molar refractivity (Wildman–Crippen MR) is 62.5 cm³/mol. The van der Waals surface area contributed by atoms with Crippen molar-refractivity contribution in [2.24, 2.45) is 11.7 Å². The van der Waals surface area contributed by atoms with Gasteiger partial charge in [-0.1, -0.05) is 6.07 Å². The second-order valence-electron chi connectivity index (χ2n) is 4.25. The zero-order valence-corrected chi connectivity index (χ0v) is 9.40. The van der Waals surface area contributed by atoms with E-state index in [-0.39, 0.29) is 0 Å². The number of piperidine rings is 1. The lowest BCUT2D eigenvalue weighted by Crippen LogP contribution is -2.36. The SMILES string of the molecule is NC(=S)N1CC2CC2(c2cccs2)C1. The summed E-state index contributed by atoms with van der Waals surface area (Å²) in [4.78, 5) is 3.66. The van der Waals surface area contributed by atoms with Crippen LogP contribution in [-0.2, 0) is 5.41 Å². The molecule has 2 unspecified atom stereocenters. The molecule has 4 heteroatoms. The quantitative estimate of drug-likeness (QED) is 0.734. The predicted octanol–water partition coefficient (Wildman–Crippen LogP) is 1.57. The maximum atomic E-state index is 5.65. The van der Waals surface area contributed by atoms with Gasteiger partial charge in [-0.25, -0.2) is 0 Å². The molecule has 2 N–H and O–H groups in total. The van der Waals surface area contributed by atoms with Crippen molar-refractivity contribution in [1.82, 2.24) is 4.90 Å². The van der Waals surface area contributed by atoms with E-state index in [9.17, 15) is 0 Å². The summed E-state index contributed by atoms with van der Waals surface area (Å²) in [6, 6.07) is 4.38. The molecule has 1 saturated carbocycles. The van der Waals surface area contributed by atoms with E-state index < -0.39 is 0 Å². The monoisotopic (exact) mass is 224 g/mol. The van der Waals surface area contributed by atoms with Gasteiger partial charge in [-0.15, -0.1) is 11.3 Å². The summed E-state index contributed by atoms with van der Waals surface area (Å²) in [5.41, 5.74) is 6.07. The van der Waals surface area contributed by atoms with Crippen LogP contribution in [0.3, 0.4) is 0 Å². The third kappa shape index (κ3) is 1.04. The highest BCUT2D eigenvalue weighted by atomic mass is 32.1. The molecule has 0 radical (unpaired) electrons. The molecule has 14 heavy (non-hydrogen) atoms. The molecule has 2 fully saturated rings. The summed E-state index contributed by atoms with van der Waals surface area (Å²) >= 11 is 6.88. The molecule has 1 aliphatic heterocycles. The van der Waals surface area contributed by atoms with Gasteiger partial charge in [0.2, 0.25) is 0 Å². The molecule has 1 aromatic heterocycles. The fourth-order valence-electron chi connectivity index (χ4n) is 2.59. The van der Waals surface area contributed by atoms with E-state index in [4.69, 9.17) is 18.0 Å². The van der Waals surface area contributed by atoms with Crippen molar-refractivity contribution in [1.29, 1.82) is 0 Å². The number of rotatable bonds is 1.